The van der Waals surface area contributed by atoms with Crippen molar-refractivity contribution in [3.63, 3.8) is 0 Å². The second-order valence-corrected chi connectivity index (χ2v) is 44.9. The standard InChI is InChI=1S/2C34H27BO4.2C32H27BO3/c1-33(2)34(3,4)39-35(38-33)26-12-8-14-29-32(26)24-18-22(15-16-27(24)36-29)23-11-7-13-28-31(23)25-17-20-9-5-6-10-21(20)19-30(25)37-28;1-33(2)34(3,4)39-35(38-33)27-10-7-11-30-32(27)26-18-23(13-15-29(26)36-30)22-12-14-28-24(17-22)25-16-20-8-5-6-9-21(20)19-31(25)37-28;1-31(2)32(3,4)36-33(35-31)27-19-22(17-20-11-5-7-13-23(20)27)29-24-14-8-6-12-21(24)18-26-25-15-9-10-16-28(25)34-30(26)29;1-31(2)32(3,4)36-33(35-31)28-10-7-8-20-12-13-22(17-26(20)28)21-14-15-23-19-30-27(18-24(23)16-21)25-9-5-6-11-29(25)34-30/h2*5-19H,1-4H3;2*5-19H,1-4H3. The van der Waals surface area contributed by atoms with Crippen LogP contribution in [0, 0.1) is 0 Å². The summed E-state index contributed by atoms with van der Waals surface area (Å²) in [7, 11) is -1.79. The van der Waals surface area contributed by atoms with Gasteiger partial charge in [-0.2, -0.15) is 0 Å². The molecule has 30 rings (SSSR count). The zero-order valence-electron chi connectivity index (χ0n) is 86.7. The predicted molar refractivity (Wildman–Crippen MR) is 619 cm³/mol. The van der Waals surface area contributed by atoms with Crippen molar-refractivity contribution in [2.45, 2.75) is 156 Å². The van der Waals surface area contributed by atoms with Crippen LogP contribution in [0.25, 0.3) is 241 Å². The Morgan fingerprint density at radius 1 is 0.153 bits per heavy atom. The van der Waals surface area contributed by atoms with Crippen molar-refractivity contribution in [1.29, 1.82) is 0 Å². The summed E-state index contributed by atoms with van der Waals surface area (Å²) in [6.45, 7) is 33.4. The zero-order chi connectivity index (χ0) is 102. The van der Waals surface area contributed by atoms with Gasteiger partial charge in [-0.25, -0.2) is 0 Å². The van der Waals surface area contributed by atoms with Crippen molar-refractivity contribution in [3.8, 4) is 44.5 Å². The van der Waals surface area contributed by atoms with Crippen LogP contribution in [-0.4, -0.2) is 73.3 Å². The summed E-state index contributed by atoms with van der Waals surface area (Å²) in [5.74, 6) is 0. The van der Waals surface area contributed by atoms with Crippen LogP contribution < -0.4 is 21.9 Å². The van der Waals surface area contributed by atoms with E-state index in [-0.39, 0.29) is 11.2 Å². The van der Waals surface area contributed by atoms with Crippen molar-refractivity contribution in [2.75, 3.05) is 0 Å². The number of hydrogen-bond acceptors (Lipinski definition) is 14. The minimum Gasteiger partial charge on any atom is -0.456 e. The van der Waals surface area contributed by atoms with Crippen LogP contribution >= 0.6 is 0 Å². The lowest BCUT2D eigenvalue weighted by Crippen LogP contribution is -2.41. The van der Waals surface area contributed by atoms with Crippen molar-refractivity contribution in [1.82, 2.24) is 0 Å². The summed E-state index contributed by atoms with van der Waals surface area (Å²) >= 11 is 0. The molecule has 0 spiro atoms. The fourth-order valence-corrected chi connectivity index (χ4v) is 22.5. The van der Waals surface area contributed by atoms with Crippen LogP contribution in [0.2, 0.25) is 0 Å². The first-order valence-electron chi connectivity index (χ1n) is 51.9. The minimum atomic E-state index is -0.474. The molecule has 20 aromatic carbocycles. The van der Waals surface area contributed by atoms with E-state index in [2.05, 4.69) is 420 Å². The highest BCUT2D eigenvalue weighted by molar-refractivity contribution is 6.67. The number of furan rings is 6. The molecule has 0 bridgehead atoms. The maximum atomic E-state index is 6.53. The average Bonchev–Trinajstić information content (AvgIpc) is 1.52. The normalized spacial score (nSPS) is 17.0. The highest BCUT2D eigenvalue weighted by atomic mass is 16.7. The van der Waals surface area contributed by atoms with E-state index in [0.717, 1.165) is 203 Å². The molecule has 4 saturated heterocycles. The molecule has 0 atom stereocenters. The third-order valence-corrected chi connectivity index (χ3v) is 33.6. The van der Waals surface area contributed by atoms with Gasteiger partial charge in [0, 0.05) is 70.2 Å². The van der Waals surface area contributed by atoms with Crippen LogP contribution in [0.15, 0.2) is 390 Å². The van der Waals surface area contributed by atoms with E-state index < -0.39 is 62.1 Å². The second-order valence-electron chi connectivity index (χ2n) is 44.9. The summed E-state index contributed by atoms with van der Waals surface area (Å²) in [5, 5.41) is 27.3. The quantitative estimate of drug-likeness (QED) is 0.133. The van der Waals surface area contributed by atoms with Gasteiger partial charge in [0.2, 0.25) is 0 Å². The van der Waals surface area contributed by atoms with Gasteiger partial charge >= 0.3 is 28.5 Å². The van der Waals surface area contributed by atoms with Crippen LogP contribution in [-0.2, 0) is 37.2 Å². The Balaban J connectivity index is 0.0000000984. The van der Waals surface area contributed by atoms with Gasteiger partial charge in [0.05, 0.1) is 44.8 Å². The van der Waals surface area contributed by atoms with Crippen LogP contribution in [0.1, 0.15) is 111 Å². The number of hydrogen-bond donors (Lipinski definition) is 0. The SMILES string of the molecule is CC1(C)OB(c2cc(-c3c4ccccc4cc4c3oc3ccccc34)cc3ccccc23)OC1(C)C.CC1(C)OB(c2cccc3ccc(-c4ccc5cc6oc7ccccc7c6cc5c4)cc23)OC1(C)C.CC1(C)OB(c2cccc3oc4ccc(-c5ccc6oc7cc8ccccc8cc7c6c5)cc4c23)OC1(C)C.CC1(C)OB(c2cccc3oc4ccc(-c5cccc6oc7cc8ccccc8cc7c56)cc4c23)OC1(C)C. The van der Waals surface area contributed by atoms with E-state index in [0.29, 0.717) is 0 Å². The van der Waals surface area contributed by atoms with Gasteiger partial charge in [-0.15, -0.1) is 0 Å². The molecule has 732 valence electrons. The van der Waals surface area contributed by atoms with Gasteiger partial charge in [0.1, 0.15) is 67.0 Å². The van der Waals surface area contributed by atoms with Crippen molar-refractivity contribution < 1.29 is 63.7 Å². The number of fused-ring (bicyclic) bond motifs is 24. The maximum Gasteiger partial charge on any atom is 0.495 e. The molecule has 0 unspecified atom stereocenters. The maximum absolute atomic E-state index is 6.53. The lowest BCUT2D eigenvalue weighted by molar-refractivity contribution is 0.00578. The Morgan fingerprint density at radius 2 is 0.453 bits per heavy atom. The van der Waals surface area contributed by atoms with E-state index in [4.69, 9.17) is 63.7 Å². The van der Waals surface area contributed by atoms with E-state index in [9.17, 15) is 0 Å². The lowest BCUT2D eigenvalue weighted by Gasteiger charge is -2.32. The van der Waals surface area contributed by atoms with Gasteiger partial charge in [-0.1, -0.05) is 237 Å². The van der Waals surface area contributed by atoms with Gasteiger partial charge < -0.3 is 63.7 Å². The van der Waals surface area contributed by atoms with Crippen LogP contribution in [0.4, 0.5) is 0 Å². The molecule has 4 aliphatic heterocycles. The first-order valence-corrected chi connectivity index (χ1v) is 51.9. The largest absolute Gasteiger partial charge is 0.495 e. The first kappa shape index (κ1) is 93.2. The molecule has 0 amide bonds. The molecule has 14 nitrogen and oxygen atoms in total. The van der Waals surface area contributed by atoms with Crippen LogP contribution in [0.3, 0.4) is 0 Å². The van der Waals surface area contributed by atoms with Crippen molar-refractivity contribution >= 4 is 247 Å². The molecular formula is C132H108B4O14. The molecule has 0 saturated carbocycles. The number of benzene rings is 20. The van der Waals surface area contributed by atoms with E-state index in [1.165, 1.54) is 59.6 Å². The Labute approximate surface area is 868 Å². The summed E-state index contributed by atoms with van der Waals surface area (Å²) in [6, 6.07) is 128. The smallest absolute Gasteiger partial charge is 0.456 e. The molecule has 6 aromatic heterocycles. The fourth-order valence-electron chi connectivity index (χ4n) is 22.5. The molecule has 4 aliphatic rings. The molecule has 0 N–H and O–H groups in total. The van der Waals surface area contributed by atoms with Crippen LogP contribution in [0.5, 0.6) is 0 Å². The molecule has 150 heavy (non-hydrogen) atoms. The van der Waals surface area contributed by atoms with Crippen molar-refractivity contribution in [3.05, 3.63) is 364 Å². The molecule has 0 radical (unpaired) electrons. The summed E-state index contributed by atoms with van der Waals surface area (Å²) < 4.78 is 89.4. The third-order valence-electron chi connectivity index (χ3n) is 33.6. The Hall–Kier alpha value is -15.3. The second kappa shape index (κ2) is 34.1. The fraction of sp³-hybridized carbons (Fsp3) is 0.182. The predicted octanol–water partition coefficient (Wildman–Crippen LogP) is 32.9. The Bertz CT molecular complexity index is 10000. The van der Waals surface area contributed by atoms with Gasteiger partial charge in [-0.3, -0.25) is 0 Å². The summed E-state index contributed by atoms with van der Waals surface area (Å²) in [4.78, 5) is 0. The van der Waals surface area contributed by atoms with Gasteiger partial charge in [0.25, 0.3) is 0 Å². The third kappa shape index (κ3) is 15.3. The number of rotatable bonds is 8. The zero-order valence-corrected chi connectivity index (χ0v) is 86.7. The van der Waals surface area contributed by atoms with E-state index in [1.54, 1.807) is 0 Å². The van der Waals surface area contributed by atoms with Crippen molar-refractivity contribution in [2.24, 2.45) is 0 Å². The minimum absolute atomic E-state index is 0.377. The molecule has 26 aromatic rings. The van der Waals surface area contributed by atoms with E-state index >= 15 is 0 Å². The summed E-state index contributed by atoms with van der Waals surface area (Å²) in [5.41, 5.74) is 20.4. The lowest BCUT2D eigenvalue weighted by atomic mass is 9.74. The number of para-hydroxylation sites is 2. The Kier molecular flexibility index (Phi) is 21.2. The average molecular weight is 1960 g/mol. The molecular weight excluding hydrogens is 1850 g/mol. The monoisotopic (exact) mass is 1960 g/mol. The Morgan fingerprint density at radius 3 is 1.00 bits per heavy atom. The van der Waals surface area contributed by atoms with Gasteiger partial charge in [0.15, 0.2) is 0 Å². The first-order chi connectivity index (χ1) is 72.2. The highest BCUT2D eigenvalue weighted by Crippen LogP contribution is 2.50. The molecule has 0 aliphatic carbocycles. The molecule has 18 heteroatoms. The topological polar surface area (TPSA) is 153 Å². The molecule has 10 heterocycles. The highest BCUT2D eigenvalue weighted by Gasteiger charge is 2.56. The van der Waals surface area contributed by atoms with E-state index in [1.807, 2.05) is 54.6 Å². The molecule has 4 fully saturated rings. The summed E-state index contributed by atoms with van der Waals surface area (Å²) in [6.07, 6.45) is 0. The van der Waals surface area contributed by atoms with Gasteiger partial charge in [-0.05, 0) is 364 Å².